The molecule has 7 heteroatoms. The highest BCUT2D eigenvalue weighted by Crippen LogP contribution is 2.28. The summed E-state index contributed by atoms with van der Waals surface area (Å²) in [6, 6.07) is 10.3. The van der Waals surface area contributed by atoms with Crippen LogP contribution in [0.5, 0.6) is 5.75 Å². The molecule has 28 heavy (non-hydrogen) atoms. The maximum atomic E-state index is 12.9. The highest BCUT2D eigenvalue weighted by molar-refractivity contribution is 7.20. The van der Waals surface area contributed by atoms with E-state index in [1.807, 2.05) is 48.7 Å². The number of nitrogens with zero attached hydrogens (tertiary/aromatic N) is 4. The number of aryl methyl sites for hydroxylation is 2. The summed E-state index contributed by atoms with van der Waals surface area (Å²) >= 11 is 1.54. The van der Waals surface area contributed by atoms with Gasteiger partial charge in [-0.1, -0.05) is 12.1 Å². The standard InChI is InChI=1S/C21H26N4O2S/c1-4-27-17-7-5-16(6-8-17)14-24-9-11-25(12-10-24)20(26)19-13-18-15(2)22-23(3)21(18)28-19/h5-8,13H,4,9-12,14H2,1-3H3. The minimum Gasteiger partial charge on any atom is -0.494 e. The van der Waals surface area contributed by atoms with E-state index in [0.717, 1.165) is 59.3 Å². The summed E-state index contributed by atoms with van der Waals surface area (Å²) in [7, 11) is 1.93. The van der Waals surface area contributed by atoms with Gasteiger partial charge in [-0.3, -0.25) is 14.4 Å². The smallest absolute Gasteiger partial charge is 0.264 e. The molecule has 1 aliphatic heterocycles. The van der Waals surface area contributed by atoms with Crippen molar-refractivity contribution in [1.29, 1.82) is 0 Å². The largest absolute Gasteiger partial charge is 0.494 e. The number of piperazine rings is 1. The molecular weight excluding hydrogens is 372 g/mol. The molecule has 148 valence electrons. The van der Waals surface area contributed by atoms with Crippen molar-refractivity contribution in [3.8, 4) is 5.75 Å². The van der Waals surface area contributed by atoms with Crippen molar-refractivity contribution >= 4 is 27.5 Å². The summed E-state index contributed by atoms with van der Waals surface area (Å²) in [6.07, 6.45) is 0. The molecule has 0 aliphatic carbocycles. The Morgan fingerprint density at radius 1 is 1.18 bits per heavy atom. The van der Waals surface area contributed by atoms with Gasteiger partial charge in [0.25, 0.3) is 5.91 Å². The molecule has 0 spiro atoms. The molecule has 4 rings (SSSR count). The van der Waals surface area contributed by atoms with E-state index in [4.69, 9.17) is 4.74 Å². The molecule has 0 radical (unpaired) electrons. The molecule has 0 bridgehead atoms. The van der Waals surface area contributed by atoms with Gasteiger partial charge in [0.15, 0.2) is 0 Å². The second kappa shape index (κ2) is 7.93. The Labute approximate surface area is 169 Å². The molecule has 0 N–H and O–H groups in total. The maximum absolute atomic E-state index is 12.9. The van der Waals surface area contributed by atoms with E-state index in [0.29, 0.717) is 6.61 Å². The van der Waals surface area contributed by atoms with Crippen molar-refractivity contribution in [1.82, 2.24) is 19.6 Å². The second-order valence-electron chi connectivity index (χ2n) is 7.18. The molecule has 1 fully saturated rings. The lowest BCUT2D eigenvalue weighted by Crippen LogP contribution is -2.48. The number of benzene rings is 1. The van der Waals surface area contributed by atoms with Crippen LogP contribution in [0.4, 0.5) is 0 Å². The van der Waals surface area contributed by atoms with Gasteiger partial charge < -0.3 is 9.64 Å². The summed E-state index contributed by atoms with van der Waals surface area (Å²) in [6.45, 7) is 8.89. The van der Waals surface area contributed by atoms with E-state index < -0.39 is 0 Å². The first-order chi connectivity index (χ1) is 13.5. The highest BCUT2D eigenvalue weighted by Gasteiger charge is 2.24. The van der Waals surface area contributed by atoms with Crippen LogP contribution < -0.4 is 4.74 Å². The topological polar surface area (TPSA) is 50.6 Å². The Morgan fingerprint density at radius 2 is 1.89 bits per heavy atom. The first kappa shape index (κ1) is 19.0. The first-order valence-corrected chi connectivity index (χ1v) is 10.5. The quantitative estimate of drug-likeness (QED) is 0.662. The lowest BCUT2D eigenvalue weighted by Gasteiger charge is -2.34. The van der Waals surface area contributed by atoms with Crippen molar-refractivity contribution < 1.29 is 9.53 Å². The molecule has 2 aromatic heterocycles. The summed E-state index contributed by atoms with van der Waals surface area (Å²) < 4.78 is 7.36. The second-order valence-corrected chi connectivity index (χ2v) is 8.21. The summed E-state index contributed by atoms with van der Waals surface area (Å²) in [5.41, 5.74) is 2.25. The average Bonchev–Trinajstić information content (AvgIpc) is 3.25. The summed E-state index contributed by atoms with van der Waals surface area (Å²) in [5.74, 6) is 1.05. The van der Waals surface area contributed by atoms with Gasteiger partial charge in [0.2, 0.25) is 0 Å². The van der Waals surface area contributed by atoms with Crippen LogP contribution in [-0.4, -0.2) is 58.3 Å². The van der Waals surface area contributed by atoms with Crippen LogP contribution in [0.3, 0.4) is 0 Å². The van der Waals surface area contributed by atoms with E-state index in [2.05, 4.69) is 22.1 Å². The number of ether oxygens (including phenoxy) is 1. The fourth-order valence-corrected chi connectivity index (χ4v) is 4.78. The third-order valence-electron chi connectivity index (χ3n) is 5.21. The zero-order valence-electron chi connectivity index (χ0n) is 16.6. The first-order valence-electron chi connectivity index (χ1n) is 9.71. The lowest BCUT2D eigenvalue weighted by molar-refractivity contribution is 0.0633. The minimum absolute atomic E-state index is 0.140. The number of carbonyl (C=O) groups excluding carboxylic acids is 1. The SMILES string of the molecule is CCOc1ccc(CN2CCN(C(=O)c3cc4c(C)nn(C)c4s3)CC2)cc1. The molecule has 0 atom stereocenters. The number of fused-ring (bicyclic) bond motifs is 1. The van der Waals surface area contributed by atoms with Crippen LogP contribution in [0, 0.1) is 6.92 Å². The molecule has 1 aliphatic rings. The van der Waals surface area contributed by atoms with Crippen LogP contribution in [0.2, 0.25) is 0 Å². The molecular formula is C21H26N4O2S. The number of aromatic nitrogens is 2. The Bertz CT molecular complexity index is 934. The minimum atomic E-state index is 0.140. The lowest BCUT2D eigenvalue weighted by atomic mass is 10.2. The molecule has 0 unspecified atom stereocenters. The number of amides is 1. The third kappa shape index (κ3) is 3.77. The molecule has 6 nitrogen and oxygen atoms in total. The molecule has 1 amide bonds. The Balaban J connectivity index is 1.35. The van der Waals surface area contributed by atoms with Gasteiger partial charge in [-0.25, -0.2) is 0 Å². The Hall–Kier alpha value is -2.38. The van der Waals surface area contributed by atoms with E-state index in [9.17, 15) is 4.79 Å². The van der Waals surface area contributed by atoms with Gasteiger partial charge in [-0.2, -0.15) is 5.10 Å². The Morgan fingerprint density at radius 3 is 2.54 bits per heavy atom. The van der Waals surface area contributed by atoms with Crippen molar-refractivity contribution in [2.75, 3.05) is 32.8 Å². The van der Waals surface area contributed by atoms with Crippen LogP contribution in [0.25, 0.3) is 10.2 Å². The number of hydrogen-bond acceptors (Lipinski definition) is 5. The number of thiophene rings is 1. The zero-order valence-corrected chi connectivity index (χ0v) is 17.5. The van der Waals surface area contributed by atoms with Crippen LogP contribution >= 0.6 is 11.3 Å². The number of rotatable bonds is 5. The molecule has 1 saturated heterocycles. The zero-order chi connectivity index (χ0) is 19.7. The van der Waals surface area contributed by atoms with Crippen molar-refractivity contribution in [2.24, 2.45) is 7.05 Å². The molecule has 3 aromatic rings. The number of hydrogen-bond donors (Lipinski definition) is 0. The molecule has 1 aromatic carbocycles. The summed E-state index contributed by atoms with van der Waals surface area (Å²) in [5, 5.41) is 5.50. The van der Waals surface area contributed by atoms with Crippen molar-refractivity contribution in [3.63, 3.8) is 0 Å². The van der Waals surface area contributed by atoms with Gasteiger partial charge in [-0.15, -0.1) is 11.3 Å². The van der Waals surface area contributed by atoms with Gasteiger partial charge in [0, 0.05) is 45.2 Å². The fourth-order valence-electron chi connectivity index (χ4n) is 3.69. The van der Waals surface area contributed by atoms with Crippen LogP contribution in [-0.2, 0) is 13.6 Å². The maximum Gasteiger partial charge on any atom is 0.264 e. The predicted molar refractivity (Wildman–Crippen MR) is 112 cm³/mol. The van der Waals surface area contributed by atoms with E-state index >= 15 is 0 Å². The van der Waals surface area contributed by atoms with E-state index in [-0.39, 0.29) is 5.91 Å². The third-order valence-corrected chi connectivity index (χ3v) is 6.40. The van der Waals surface area contributed by atoms with Gasteiger partial charge >= 0.3 is 0 Å². The van der Waals surface area contributed by atoms with Gasteiger partial charge in [0.05, 0.1) is 17.2 Å². The van der Waals surface area contributed by atoms with Gasteiger partial charge in [-0.05, 0) is 37.6 Å². The molecule has 0 saturated carbocycles. The average molecular weight is 399 g/mol. The predicted octanol–water partition coefficient (Wildman–Crippen LogP) is 3.30. The highest BCUT2D eigenvalue weighted by atomic mass is 32.1. The monoisotopic (exact) mass is 398 g/mol. The summed E-state index contributed by atoms with van der Waals surface area (Å²) in [4.78, 5) is 19.2. The van der Waals surface area contributed by atoms with E-state index in [1.54, 1.807) is 0 Å². The molecule has 3 heterocycles. The van der Waals surface area contributed by atoms with Gasteiger partial charge in [0.1, 0.15) is 10.6 Å². The van der Waals surface area contributed by atoms with Crippen molar-refractivity contribution in [3.05, 3.63) is 46.5 Å². The van der Waals surface area contributed by atoms with Crippen LogP contribution in [0.1, 0.15) is 27.9 Å². The normalized spacial score (nSPS) is 15.3. The number of carbonyl (C=O) groups is 1. The van der Waals surface area contributed by atoms with E-state index in [1.165, 1.54) is 16.9 Å². The van der Waals surface area contributed by atoms with Crippen LogP contribution in [0.15, 0.2) is 30.3 Å². The Kier molecular flexibility index (Phi) is 5.37. The fraction of sp³-hybridized carbons (Fsp3) is 0.429. The van der Waals surface area contributed by atoms with Crippen molar-refractivity contribution in [2.45, 2.75) is 20.4 Å².